The number of hydrogen-bond donors (Lipinski definition) is 3. The van der Waals surface area contributed by atoms with Gasteiger partial charge in [-0.05, 0) is 24.0 Å². The summed E-state index contributed by atoms with van der Waals surface area (Å²) in [5.74, 6) is -0.0544. The van der Waals surface area contributed by atoms with E-state index in [1.54, 1.807) is 0 Å². The van der Waals surface area contributed by atoms with Crippen LogP contribution in [0.25, 0.3) is 0 Å². The Morgan fingerprint density at radius 3 is 2.53 bits per heavy atom. The van der Waals surface area contributed by atoms with Gasteiger partial charge in [0, 0.05) is 13.1 Å². The number of hydrogen-bond acceptors (Lipinski definition) is 3. The normalized spacial score (nSPS) is 17.4. The van der Waals surface area contributed by atoms with Crippen molar-refractivity contribution < 1.29 is 9.90 Å². The Balaban J connectivity index is 1.87. The number of benzene rings is 1. The van der Waals surface area contributed by atoms with E-state index in [9.17, 15) is 9.90 Å². The Labute approximate surface area is 114 Å². The zero-order valence-electron chi connectivity index (χ0n) is 11.2. The summed E-state index contributed by atoms with van der Waals surface area (Å²) in [5.41, 5.74) is 6.91. The molecule has 1 aliphatic carbocycles. The molecule has 1 aliphatic rings. The van der Waals surface area contributed by atoms with Crippen molar-refractivity contribution in [2.75, 3.05) is 6.54 Å². The smallest absolute Gasteiger partial charge is 0.224 e. The van der Waals surface area contributed by atoms with E-state index in [0.717, 1.165) is 36.8 Å². The van der Waals surface area contributed by atoms with E-state index in [4.69, 9.17) is 5.73 Å². The van der Waals surface area contributed by atoms with E-state index >= 15 is 0 Å². The van der Waals surface area contributed by atoms with Crippen molar-refractivity contribution in [1.29, 1.82) is 0 Å². The molecule has 0 bridgehead atoms. The molecule has 104 valence electrons. The maximum Gasteiger partial charge on any atom is 0.224 e. The summed E-state index contributed by atoms with van der Waals surface area (Å²) in [4.78, 5) is 11.9. The Hall–Kier alpha value is -1.39. The van der Waals surface area contributed by atoms with Crippen LogP contribution in [0.4, 0.5) is 0 Å². The first kappa shape index (κ1) is 14.0. The minimum absolute atomic E-state index is 0.0544. The van der Waals surface area contributed by atoms with Crippen LogP contribution in [0, 0.1) is 0 Å². The monoisotopic (exact) mass is 262 g/mol. The molecule has 0 radical (unpaired) electrons. The molecule has 1 aromatic rings. The average Bonchev–Trinajstić information content (AvgIpc) is 2.85. The topological polar surface area (TPSA) is 75.4 Å². The fourth-order valence-corrected chi connectivity index (χ4v) is 2.64. The van der Waals surface area contributed by atoms with Crippen molar-refractivity contribution in [2.24, 2.45) is 5.73 Å². The van der Waals surface area contributed by atoms with Gasteiger partial charge in [-0.25, -0.2) is 0 Å². The van der Waals surface area contributed by atoms with Crippen molar-refractivity contribution >= 4 is 5.91 Å². The van der Waals surface area contributed by atoms with Crippen molar-refractivity contribution in [2.45, 2.75) is 44.2 Å². The molecule has 0 aromatic heterocycles. The van der Waals surface area contributed by atoms with Crippen LogP contribution in [-0.2, 0) is 17.8 Å². The molecule has 0 saturated heterocycles. The van der Waals surface area contributed by atoms with Crippen molar-refractivity contribution in [3.05, 3.63) is 35.4 Å². The van der Waals surface area contributed by atoms with E-state index in [2.05, 4.69) is 5.32 Å². The summed E-state index contributed by atoms with van der Waals surface area (Å²) >= 11 is 0. The molecular weight excluding hydrogens is 240 g/mol. The maximum absolute atomic E-state index is 11.9. The van der Waals surface area contributed by atoms with Gasteiger partial charge in [-0.3, -0.25) is 4.79 Å². The van der Waals surface area contributed by atoms with E-state index in [0.29, 0.717) is 19.5 Å². The van der Waals surface area contributed by atoms with Crippen LogP contribution < -0.4 is 11.1 Å². The van der Waals surface area contributed by atoms with Gasteiger partial charge < -0.3 is 16.2 Å². The number of carbonyl (C=O) groups excluding carboxylic acids is 1. The lowest BCUT2D eigenvalue weighted by Gasteiger charge is -2.22. The highest BCUT2D eigenvalue weighted by molar-refractivity contribution is 5.79. The molecule has 1 saturated carbocycles. The molecule has 1 aromatic carbocycles. The van der Waals surface area contributed by atoms with Gasteiger partial charge in [0.15, 0.2) is 0 Å². The molecule has 2 rings (SSSR count). The predicted molar refractivity (Wildman–Crippen MR) is 74.5 cm³/mol. The number of amides is 1. The quantitative estimate of drug-likeness (QED) is 0.744. The second kappa shape index (κ2) is 6.17. The zero-order chi connectivity index (χ0) is 13.7. The molecule has 0 spiro atoms. The molecule has 4 N–H and O–H groups in total. The summed E-state index contributed by atoms with van der Waals surface area (Å²) in [6.45, 7) is 0.796. The number of aliphatic hydroxyl groups is 1. The maximum atomic E-state index is 11.9. The summed E-state index contributed by atoms with van der Waals surface area (Å²) in [6, 6.07) is 7.69. The fraction of sp³-hybridized carbons (Fsp3) is 0.533. The molecule has 19 heavy (non-hydrogen) atoms. The number of rotatable bonds is 5. The number of carbonyl (C=O) groups is 1. The molecule has 0 heterocycles. The number of nitrogens with two attached hydrogens (primary N) is 1. The minimum atomic E-state index is -0.691. The Bertz CT molecular complexity index is 440. The van der Waals surface area contributed by atoms with E-state index in [-0.39, 0.29) is 5.91 Å². The van der Waals surface area contributed by atoms with Gasteiger partial charge in [0.1, 0.15) is 0 Å². The van der Waals surface area contributed by atoms with Gasteiger partial charge in [0.2, 0.25) is 5.91 Å². The molecule has 0 aliphatic heterocycles. The SMILES string of the molecule is NCc1ccccc1CC(=O)NCC1(O)CCCC1. The standard InChI is InChI=1S/C15H22N2O2/c16-10-13-6-2-1-5-12(13)9-14(18)17-11-15(19)7-3-4-8-15/h1-2,5-6,19H,3-4,7-11,16H2,(H,17,18). The second-order valence-electron chi connectivity index (χ2n) is 5.36. The van der Waals surface area contributed by atoms with Crippen LogP contribution >= 0.6 is 0 Å². The molecule has 0 unspecified atom stereocenters. The third-order valence-electron chi connectivity index (χ3n) is 3.84. The first-order chi connectivity index (χ1) is 9.13. The molecule has 4 nitrogen and oxygen atoms in total. The zero-order valence-corrected chi connectivity index (χ0v) is 11.2. The molecule has 1 amide bonds. The highest BCUT2D eigenvalue weighted by atomic mass is 16.3. The highest BCUT2D eigenvalue weighted by Gasteiger charge is 2.31. The summed E-state index contributed by atoms with van der Waals surface area (Å²) in [5, 5.41) is 13.0. The molecular formula is C15H22N2O2. The van der Waals surface area contributed by atoms with E-state index in [1.807, 2.05) is 24.3 Å². The van der Waals surface area contributed by atoms with Gasteiger partial charge in [0.25, 0.3) is 0 Å². The molecule has 0 atom stereocenters. The van der Waals surface area contributed by atoms with Crippen LogP contribution in [-0.4, -0.2) is 23.2 Å². The van der Waals surface area contributed by atoms with Crippen molar-refractivity contribution in [3.8, 4) is 0 Å². The average molecular weight is 262 g/mol. The fourth-order valence-electron chi connectivity index (χ4n) is 2.64. The summed E-state index contributed by atoms with van der Waals surface area (Å²) < 4.78 is 0. The van der Waals surface area contributed by atoms with Gasteiger partial charge in [-0.1, -0.05) is 37.1 Å². The first-order valence-corrected chi connectivity index (χ1v) is 6.89. The van der Waals surface area contributed by atoms with Crippen LogP contribution in [0.3, 0.4) is 0 Å². The third-order valence-corrected chi connectivity index (χ3v) is 3.84. The van der Waals surface area contributed by atoms with Crippen LogP contribution in [0.1, 0.15) is 36.8 Å². The van der Waals surface area contributed by atoms with Crippen LogP contribution in [0.2, 0.25) is 0 Å². The molecule has 1 fully saturated rings. The van der Waals surface area contributed by atoms with Gasteiger partial charge in [-0.15, -0.1) is 0 Å². The predicted octanol–water partition coefficient (Wildman–Crippen LogP) is 1.11. The third kappa shape index (κ3) is 3.78. The van der Waals surface area contributed by atoms with Crippen molar-refractivity contribution in [3.63, 3.8) is 0 Å². The second-order valence-corrected chi connectivity index (χ2v) is 5.36. The van der Waals surface area contributed by atoms with E-state index < -0.39 is 5.60 Å². The first-order valence-electron chi connectivity index (χ1n) is 6.89. The van der Waals surface area contributed by atoms with Crippen LogP contribution in [0.5, 0.6) is 0 Å². The summed E-state index contributed by atoms with van der Waals surface area (Å²) in [7, 11) is 0. The Morgan fingerprint density at radius 1 is 1.26 bits per heavy atom. The minimum Gasteiger partial charge on any atom is -0.388 e. The lowest BCUT2D eigenvalue weighted by molar-refractivity contribution is -0.121. The largest absolute Gasteiger partial charge is 0.388 e. The van der Waals surface area contributed by atoms with Crippen LogP contribution in [0.15, 0.2) is 24.3 Å². The van der Waals surface area contributed by atoms with Crippen molar-refractivity contribution in [1.82, 2.24) is 5.32 Å². The Morgan fingerprint density at radius 2 is 1.89 bits per heavy atom. The Kier molecular flexibility index (Phi) is 4.56. The lowest BCUT2D eigenvalue weighted by atomic mass is 10.0. The molecule has 4 heteroatoms. The lowest BCUT2D eigenvalue weighted by Crippen LogP contribution is -2.41. The van der Waals surface area contributed by atoms with E-state index in [1.165, 1.54) is 0 Å². The summed E-state index contributed by atoms with van der Waals surface area (Å²) in [6.07, 6.45) is 3.98. The highest BCUT2D eigenvalue weighted by Crippen LogP contribution is 2.28. The number of nitrogens with one attached hydrogen (secondary N) is 1. The van der Waals surface area contributed by atoms with Gasteiger partial charge >= 0.3 is 0 Å². The van der Waals surface area contributed by atoms with Gasteiger partial charge in [-0.2, -0.15) is 0 Å². The van der Waals surface area contributed by atoms with Gasteiger partial charge in [0.05, 0.1) is 12.0 Å².